The molecule has 9 aromatic rings. The number of aromatic nitrogens is 2. The Morgan fingerprint density at radius 3 is 1.35 bits per heavy atom. The van der Waals surface area contributed by atoms with E-state index in [-0.39, 0.29) is 0 Å². The highest BCUT2D eigenvalue weighted by Gasteiger charge is 2.29. The van der Waals surface area contributed by atoms with Crippen LogP contribution in [-0.4, -0.2) is 9.97 Å². The predicted molar refractivity (Wildman–Crippen MR) is 226 cm³/mol. The highest BCUT2D eigenvalue weighted by molar-refractivity contribution is 7.85. The van der Waals surface area contributed by atoms with Crippen LogP contribution in [0, 0.1) is 0 Å². The minimum absolute atomic E-state index is 0.694. The van der Waals surface area contributed by atoms with E-state index in [2.05, 4.69) is 103 Å². The van der Waals surface area contributed by atoms with Crippen molar-refractivity contribution in [3.8, 4) is 56.2 Å². The van der Waals surface area contributed by atoms with Crippen LogP contribution in [0.4, 0.5) is 0 Å². The van der Waals surface area contributed by atoms with Gasteiger partial charge < -0.3 is 4.57 Å². The molecule has 0 spiro atoms. The summed E-state index contributed by atoms with van der Waals surface area (Å²) in [5, 5.41) is 4.81. The molecular formula is C50H35N2OP. The maximum Gasteiger partial charge on any atom is 0.171 e. The van der Waals surface area contributed by atoms with Crippen LogP contribution in [0.3, 0.4) is 0 Å². The molecule has 0 N–H and O–H groups in total. The molecule has 0 radical (unpaired) electrons. The number of hydrogen-bond acceptors (Lipinski definition) is 3. The van der Waals surface area contributed by atoms with Crippen molar-refractivity contribution in [2.45, 2.75) is 0 Å². The van der Waals surface area contributed by atoms with Gasteiger partial charge in [-0.15, -0.1) is 0 Å². The SMILES string of the molecule is O=P(c1ccccc1)(c1ccccc1)c1ccc(-c2cccc3cc(-c4ccc(-c5nc(-c6ccccc6)cc(-c6ccccc6)n5)cc4)ccc23)cc1. The third kappa shape index (κ3) is 6.36. The van der Waals surface area contributed by atoms with Crippen molar-refractivity contribution >= 4 is 33.8 Å². The van der Waals surface area contributed by atoms with Gasteiger partial charge in [0.15, 0.2) is 13.0 Å². The molecular weight excluding hydrogens is 676 g/mol. The summed E-state index contributed by atoms with van der Waals surface area (Å²) in [4.78, 5) is 10.0. The summed E-state index contributed by atoms with van der Waals surface area (Å²) >= 11 is 0. The molecule has 1 aromatic heterocycles. The molecule has 0 saturated heterocycles. The normalized spacial score (nSPS) is 11.4. The Hall–Kier alpha value is -6.67. The second-order valence-corrected chi connectivity index (χ2v) is 16.1. The third-order valence-corrected chi connectivity index (χ3v) is 13.1. The molecule has 0 atom stereocenters. The standard InChI is InChI=1S/C50H35N2OP/c53-54(43-19-9-3-10-20-43,44-21-11-4-12-22-44)45-31-28-37(29-32-45)46-23-13-18-42-34-41(30-33-47(42)46)36-24-26-40(27-25-36)50-51-48(38-14-5-1-6-15-38)35-49(52-50)39-16-7-2-8-17-39/h1-35H. The fourth-order valence-electron chi connectivity index (χ4n) is 7.19. The zero-order valence-electron chi connectivity index (χ0n) is 29.5. The first-order valence-corrected chi connectivity index (χ1v) is 19.8. The number of nitrogens with zero attached hydrogens (tertiary/aromatic N) is 2. The minimum atomic E-state index is -3.04. The molecule has 3 nitrogen and oxygen atoms in total. The van der Waals surface area contributed by atoms with Gasteiger partial charge >= 0.3 is 0 Å². The second kappa shape index (κ2) is 14.4. The molecule has 0 saturated carbocycles. The maximum atomic E-state index is 14.9. The highest BCUT2D eigenvalue weighted by atomic mass is 31.2. The maximum absolute atomic E-state index is 14.9. The van der Waals surface area contributed by atoms with Crippen LogP contribution in [-0.2, 0) is 4.57 Å². The monoisotopic (exact) mass is 710 g/mol. The Kier molecular flexibility index (Phi) is 8.84. The quantitative estimate of drug-likeness (QED) is 0.147. The Morgan fingerprint density at radius 2 is 0.796 bits per heavy atom. The highest BCUT2D eigenvalue weighted by Crippen LogP contribution is 2.43. The molecule has 0 amide bonds. The second-order valence-electron chi connectivity index (χ2n) is 13.3. The molecule has 0 aliphatic heterocycles. The van der Waals surface area contributed by atoms with Gasteiger partial charge in [0.1, 0.15) is 0 Å². The van der Waals surface area contributed by atoms with Crippen LogP contribution in [0.25, 0.3) is 66.9 Å². The summed E-state index contributed by atoms with van der Waals surface area (Å²) in [5.41, 5.74) is 9.34. The van der Waals surface area contributed by atoms with E-state index in [9.17, 15) is 4.57 Å². The third-order valence-electron chi connectivity index (χ3n) is 10.0. The van der Waals surface area contributed by atoms with Gasteiger partial charge in [0.05, 0.1) is 11.4 Å². The van der Waals surface area contributed by atoms with Crippen molar-refractivity contribution in [2.75, 3.05) is 0 Å². The van der Waals surface area contributed by atoms with Gasteiger partial charge in [-0.05, 0) is 45.2 Å². The van der Waals surface area contributed by atoms with Gasteiger partial charge in [0, 0.05) is 32.6 Å². The van der Waals surface area contributed by atoms with Crippen LogP contribution in [0.15, 0.2) is 212 Å². The first-order valence-electron chi connectivity index (χ1n) is 18.1. The average Bonchev–Trinajstić information content (AvgIpc) is 3.27. The van der Waals surface area contributed by atoms with Crippen LogP contribution in [0.5, 0.6) is 0 Å². The van der Waals surface area contributed by atoms with Crippen molar-refractivity contribution in [3.63, 3.8) is 0 Å². The van der Waals surface area contributed by atoms with Crippen molar-refractivity contribution in [1.82, 2.24) is 9.97 Å². The van der Waals surface area contributed by atoms with Crippen LogP contribution < -0.4 is 15.9 Å². The summed E-state index contributed by atoms with van der Waals surface area (Å²) in [6.45, 7) is 0. The lowest BCUT2D eigenvalue weighted by Gasteiger charge is -2.20. The minimum Gasteiger partial charge on any atom is -0.309 e. The number of hydrogen-bond donors (Lipinski definition) is 0. The lowest BCUT2D eigenvalue weighted by molar-refractivity contribution is 0.592. The number of benzene rings is 8. The van der Waals surface area contributed by atoms with E-state index in [1.54, 1.807) is 0 Å². The fraction of sp³-hybridized carbons (Fsp3) is 0. The zero-order chi connectivity index (χ0) is 36.3. The fourth-order valence-corrected chi connectivity index (χ4v) is 9.84. The van der Waals surface area contributed by atoms with E-state index < -0.39 is 7.14 Å². The molecule has 4 heteroatoms. The van der Waals surface area contributed by atoms with E-state index in [0.29, 0.717) is 5.82 Å². The summed E-state index contributed by atoms with van der Waals surface area (Å²) < 4.78 is 14.9. The first kappa shape index (κ1) is 33.2. The van der Waals surface area contributed by atoms with Gasteiger partial charge in [0.2, 0.25) is 0 Å². The molecule has 1 heterocycles. The number of rotatable bonds is 8. The van der Waals surface area contributed by atoms with E-state index in [4.69, 9.17) is 9.97 Å². The predicted octanol–water partition coefficient (Wildman–Crippen LogP) is 11.6. The smallest absolute Gasteiger partial charge is 0.171 e. The van der Waals surface area contributed by atoms with Gasteiger partial charge in [-0.25, -0.2) is 9.97 Å². The summed E-state index contributed by atoms with van der Waals surface area (Å²) in [6, 6.07) is 72.1. The molecule has 0 unspecified atom stereocenters. The van der Waals surface area contributed by atoms with Crippen molar-refractivity contribution in [3.05, 3.63) is 212 Å². The molecule has 0 aliphatic carbocycles. The Labute approximate surface area is 315 Å². The molecule has 54 heavy (non-hydrogen) atoms. The molecule has 0 aliphatic rings. The first-order chi connectivity index (χ1) is 26.6. The van der Waals surface area contributed by atoms with Gasteiger partial charge in [-0.1, -0.05) is 200 Å². The van der Waals surface area contributed by atoms with Gasteiger partial charge in [0.25, 0.3) is 0 Å². The lowest BCUT2D eigenvalue weighted by Crippen LogP contribution is -2.24. The largest absolute Gasteiger partial charge is 0.309 e. The Bertz CT molecular complexity index is 2650. The van der Waals surface area contributed by atoms with Crippen LogP contribution >= 0.6 is 7.14 Å². The van der Waals surface area contributed by atoms with Crippen molar-refractivity contribution in [2.24, 2.45) is 0 Å². The Balaban J connectivity index is 1.03. The Morgan fingerprint density at radius 1 is 0.333 bits per heavy atom. The molecule has 0 bridgehead atoms. The van der Waals surface area contributed by atoms with E-state index >= 15 is 0 Å². The number of fused-ring (bicyclic) bond motifs is 1. The topological polar surface area (TPSA) is 42.9 Å². The van der Waals surface area contributed by atoms with E-state index in [0.717, 1.165) is 71.6 Å². The van der Waals surface area contributed by atoms with Gasteiger partial charge in [-0.3, -0.25) is 0 Å². The zero-order valence-corrected chi connectivity index (χ0v) is 30.4. The molecule has 0 fully saturated rings. The molecule has 8 aromatic carbocycles. The van der Waals surface area contributed by atoms with E-state index in [1.807, 2.05) is 109 Å². The van der Waals surface area contributed by atoms with Crippen molar-refractivity contribution < 1.29 is 4.57 Å². The summed E-state index contributed by atoms with van der Waals surface area (Å²) in [7, 11) is -3.04. The van der Waals surface area contributed by atoms with Crippen LogP contribution in [0.2, 0.25) is 0 Å². The molecule has 9 rings (SSSR count). The average molecular weight is 711 g/mol. The van der Waals surface area contributed by atoms with E-state index in [1.165, 1.54) is 5.39 Å². The lowest BCUT2D eigenvalue weighted by atomic mass is 9.95. The van der Waals surface area contributed by atoms with Crippen LogP contribution in [0.1, 0.15) is 0 Å². The van der Waals surface area contributed by atoms with Gasteiger partial charge in [-0.2, -0.15) is 0 Å². The molecule has 256 valence electrons. The summed E-state index contributed by atoms with van der Waals surface area (Å²) in [5.74, 6) is 0.694. The van der Waals surface area contributed by atoms with Crippen molar-refractivity contribution in [1.29, 1.82) is 0 Å². The summed E-state index contributed by atoms with van der Waals surface area (Å²) in [6.07, 6.45) is 0.